The summed E-state index contributed by atoms with van der Waals surface area (Å²) >= 11 is 0. The molecule has 1 aromatic carbocycles. The fourth-order valence-electron chi connectivity index (χ4n) is 2.51. The van der Waals surface area contributed by atoms with Crippen molar-refractivity contribution in [2.45, 2.75) is 77.7 Å². The van der Waals surface area contributed by atoms with Gasteiger partial charge in [-0.2, -0.15) is 0 Å². The van der Waals surface area contributed by atoms with Crippen molar-refractivity contribution in [1.29, 1.82) is 0 Å². The van der Waals surface area contributed by atoms with Crippen molar-refractivity contribution in [3.8, 4) is 5.75 Å². The summed E-state index contributed by atoms with van der Waals surface area (Å²) in [6.07, 6.45) is 11.2. The Morgan fingerprint density at radius 2 is 1.76 bits per heavy atom. The number of carbonyl (C=O) groups excluding carboxylic acids is 1. The quantitative estimate of drug-likeness (QED) is 0.384. The van der Waals surface area contributed by atoms with Crippen molar-refractivity contribution in [3.63, 3.8) is 0 Å². The number of para-hydroxylation sites is 1. The highest BCUT2D eigenvalue weighted by molar-refractivity contribution is 5.50. The maximum absolute atomic E-state index is 10.7. The highest BCUT2D eigenvalue weighted by Crippen LogP contribution is 2.23. The SMILES string of the molecule is CCCCCCCCc1ccccc1OC(CC)CC=O. The molecule has 0 fully saturated rings. The summed E-state index contributed by atoms with van der Waals surface area (Å²) in [5, 5.41) is 0. The molecule has 0 bridgehead atoms. The molecule has 0 N–H and O–H groups in total. The van der Waals surface area contributed by atoms with Crippen molar-refractivity contribution in [2.24, 2.45) is 0 Å². The molecule has 0 spiro atoms. The van der Waals surface area contributed by atoms with Gasteiger partial charge in [0.2, 0.25) is 0 Å². The molecule has 2 heteroatoms. The van der Waals surface area contributed by atoms with Gasteiger partial charge in [0, 0.05) is 6.42 Å². The Morgan fingerprint density at radius 3 is 2.48 bits per heavy atom. The van der Waals surface area contributed by atoms with Gasteiger partial charge in [0.1, 0.15) is 18.1 Å². The van der Waals surface area contributed by atoms with Crippen LogP contribution in [-0.4, -0.2) is 12.4 Å². The summed E-state index contributed by atoms with van der Waals surface area (Å²) in [6.45, 7) is 4.31. The third-order valence-corrected chi connectivity index (χ3v) is 3.88. The molecule has 0 heterocycles. The Bertz CT molecular complexity index is 387. The van der Waals surface area contributed by atoms with Crippen LogP contribution in [0.1, 0.15) is 70.8 Å². The smallest absolute Gasteiger partial charge is 0.123 e. The molecule has 0 saturated carbocycles. The molecule has 0 aliphatic carbocycles. The van der Waals surface area contributed by atoms with Crippen LogP contribution in [0, 0.1) is 0 Å². The predicted molar refractivity (Wildman–Crippen MR) is 88.9 cm³/mol. The molecule has 1 atom stereocenters. The molecule has 0 radical (unpaired) electrons. The van der Waals surface area contributed by atoms with Crippen LogP contribution in [-0.2, 0) is 11.2 Å². The molecule has 0 amide bonds. The van der Waals surface area contributed by atoms with Gasteiger partial charge in [0.25, 0.3) is 0 Å². The highest BCUT2D eigenvalue weighted by Gasteiger charge is 2.10. The molecular formula is C19H30O2. The van der Waals surface area contributed by atoms with E-state index in [1.54, 1.807) is 0 Å². The molecule has 0 aromatic heterocycles. The minimum atomic E-state index is 0.00760. The van der Waals surface area contributed by atoms with E-state index in [1.165, 1.54) is 44.1 Å². The molecular weight excluding hydrogens is 260 g/mol. The summed E-state index contributed by atoms with van der Waals surface area (Å²) in [5.74, 6) is 0.958. The number of aldehydes is 1. The molecule has 21 heavy (non-hydrogen) atoms. The number of benzene rings is 1. The Hall–Kier alpha value is -1.31. The average Bonchev–Trinajstić information content (AvgIpc) is 2.51. The first-order chi connectivity index (χ1) is 10.3. The summed E-state index contributed by atoms with van der Waals surface area (Å²) in [4.78, 5) is 10.7. The van der Waals surface area contributed by atoms with E-state index in [9.17, 15) is 4.79 Å². The second-order valence-electron chi connectivity index (χ2n) is 5.68. The number of aryl methyl sites for hydroxylation is 1. The van der Waals surface area contributed by atoms with Crippen LogP contribution in [0.3, 0.4) is 0 Å². The average molecular weight is 290 g/mol. The van der Waals surface area contributed by atoms with Gasteiger partial charge in [-0.15, -0.1) is 0 Å². The van der Waals surface area contributed by atoms with E-state index in [4.69, 9.17) is 4.74 Å². The fourth-order valence-corrected chi connectivity index (χ4v) is 2.51. The first-order valence-corrected chi connectivity index (χ1v) is 8.50. The Balaban J connectivity index is 2.44. The summed E-state index contributed by atoms with van der Waals surface area (Å²) in [5.41, 5.74) is 1.28. The maximum atomic E-state index is 10.7. The van der Waals surface area contributed by atoms with E-state index in [1.807, 2.05) is 12.1 Å². The van der Waals surface area contributed by atoms with Crippen molar-refractivity contribution < 1.29 is 9.53 Å². The van der Waals surface area contributed by atoms with Crippen LogP contribution in [0.15, 0.2) is 24.3 Å². The number of hydrogen-bond donors (Lipinski definition) is 0. The lowest BCUT2D eigenvalue weighted by Crippen LogP contribution is -2.16. The largest absolute Gasteiger partial charge is 0.490 e. The molecule has 0 aliphatic rings. The fraction of sp³-hybridized carbons (Fsp3) is 0.632. The zero-order chi connectivity index (χ0) is 15.3. The lowest BCUT2D eigenvalue weighted by molar-refractivity contribution is -0.109. The monoisotopic (exact) mass is 290 g/mol. The Morgan fingerprint density at radius 1 is 1.05 bits per heavy atom. The van der Waals surface area contributed by atoms with E-state index < -0.39 is 0 Å². The predicted octanol–water partition coefficient (Wildman–Crippen LogP) is 5.34. The zero-order valence-electron chi connectivity index (χ0n) is 13.6. The highest BCUT2D eigenvalue weighted by atomic mass is 16.5. The van der Waals surface area contributed by atoms with Crippen LogP contribution in [0.2, 0.25) is 0 Å². The summed E-state index contributed by atoms with van der Waals surface area (Å²) < 4.78 is 6.00. The number of ether oxygens (including phenoxy) is 1. The lowest BCUT2D eigenvalue weighted by atomic mass is 10.0. The van der Waals surface area contributed by atoms with Crippen molar-refractivity contribution >= 4 is 6.29 Å². The normalized spacial score (nSPS) is 12.1. The third-order valence-electron chi connectivity index (χ3n) is 3.88. The topological polar surface area (TPSA) is 26.3 Å². The van der Waals surface area contributed by atoms with Gasteiger partial charge in [-0.05, 0) is 30.9 Å². The van der Waals surface area contributed by atoms with E-state index in [0.717, 1.165) is 24.9 Å². The molecule has 1 aromatic rings. The van der Waals surface area contributed by atoms with Crippen molar-refractivity contribution in [2.75, 3.05) is 0 Å². The van der Waals surface area contributed by atoms with Crippen LogP contribution < -0.4 is 4.74 Å². The molecule has 0 saturated heterocycles. The number of carbonyl (C=O) groups is 1. The van der Waals surface area contributed by atoms with Crippen LogP contribution in [0.25, 0.3) is 0 Å². The number of hydrogen-bond acceptors (Lipinski definition) is 2. The lowest BCUT2D eigenvalue weighted by Gasteiger charge is -2.18. The third kappa shape index (κ3) is 7.31. The number of rotatable bonds is 12. The number of unbranched alkanes of at least 4 members (excludes halogenated alkanes) is 5. The minimum Gasteiger partial charge on any atom is -0.490 e. The molecule has 0 aliphatic heterocycles. The van der Waals surface area contributed by atoms with Crippen molar-refractivity contribution in [3.05, 3.63) is 29.8 Å². The Kier molecular flexibility index (Phi) is 9.60. The maximum Gasteiger partial charge on any atom is 0.123 e. The van der Waals surface area contributed by atoms with Crippen LogP contribution in [0.4, 0.5) is 0 Å². The first kappa shape index (κ1) is 17.7. The van der Waals surface area contributed by atoms with Crippen LogP contribution in [0.5, 0.6) is 5.75 Å². The van der Waals surface area contributed by atoms with Gasteiger partial charge in [-0.1, -0.05) is 64.2 Å². The van der Waals surface area contributed by atoms with E-state index in [0.29, 0.717) is 6.42 Å². The van der Waals surface area contributed by atoms with Crippen molar-refractivity contribution in [1.82, 2.24) is 0 Å². The summed E-state index contributed by atoms with van der Waals surface area (Å²) in [7, 11) is 0. The van der Waals surface area contributed by atoms with E-state index >= 15 is 0 Å². The van der Waals surface area contributed by atoms with Gasteiger partial charge in [0.15, 0.2) is 0 Å². The standard InChI is InChI=1S/C19H30O2/c1-3-5-6-7-8-9-12-17-13-10-11-14-19(17)21-18(4-2)15-16-20/h10-11,13-14,16,18H,3-9,12,15H2,1-2H3. The molecule has 118 valence electrons. The first-order valence-electron chi connectivity index (χ1n) is 8.50. The molecule has 2 nitrogen and oxygen atoms in total. The van der Waals surface area contributed by atoms with Gasteiger partial charge >= 0.3 is 0 Å². The molecule has 1 rings (SSSR count). The van der Waals surface area contributed by atoms with Gasteiger partial charge in [-0.3, -0.25) is 0 Å². The van der Waals surface area contributed by atoms with E-state index in [2.05, 4.69) is 26.0 Å². The van der Waals surface area contributed by atoms with Gasteiger partial charge in [0.05, 0.1) is 0 Å². The van der Waals surface area contributed by atoms with Crippen LogP contribution >= 0.6 is 0 Å². The minimum absolute atomic E-state index is 0.00760. The van der Waals surface area contributed by atoms with E-state index in [-0.39, 0.29) is 6.10 Å². The van der Waals surface area contributed by atoms with Gasteiger partial charge in [-0.25, -0.2) is 0 Å². The second-order valence-corrected chi connectivity index (χ2v) is 5.68. The Labute approximate surface area is 129 Å². The summed E-state index contributed by atoms with van der Waals surface area (Å²) in [6, 6.07) is 8.25. The zero-order valence-corrected chi connectivity index (χ0v) is 13.6. The van der Waals surface area contributed by atoms with Gasteiger partial charge < -0.3 is 9.53 Å². The second kappa shape index (κ2) is 11.4. The molecule has 1 unspecified atom stereocenters.